The van der Waals surface area contributed by atoms with Gasteiger partial charge in [-0.3, -0.25) is 0 Å². The molecule has 0 amide bonds. The lowest BCUT2D eigenvalue weighted by atomic mass is 9.65. The first-order valence-electron chi connectivity index (χ1n) is 9.65. The van der Waals surface area contributed by atoms with Crippen molar-refractivity contribution in [2.45, 2.75) is 37.7 Å². The minimum atomic E-state index is -0.407. The molecule has 26 heavy (non-hydrogen) atoms. The van der Waals surface area contributed by atoms with Crippen molar-refractivity contribution in [3.05, 3.63) is 107 Å². The monoisotopic (exact) mass is 340 g/mol. The summed E-state index contributed by atoms with van der Waals surface area (Å²) in [7, 11) is 0. The van der Waals surface area contributed by atoms with Gasteiger partial charge >= 0.3 is 0 Å². The summed E-state index contributed by atoms with van der Waals surface area (Å²) < 4.78 is 0. The van der Waals surface area contributed by atoms with E-state index in [1.54, 1.807) is 0 Å². The highest BCUT2D eigenvalue weighted by Crippen LogP contribution is 2.59. The first-order chi connectivity index (χ1) is 12.8. The Balaban J connectivity index is 1.64. The minimum absolute atomic E-state index is 0.155. The topological polar surface area (TPSA) is 20.2 Å². The third-order valence-electron chi connectivity index (χ3n) is 6.62. The molecule has 3 unspecified atom stereocenters. The van der Waals surface area contributed by atoms with Gasteiger partial charge in [0.15, 0.2) is 0 Å². The maximum Gasteiger partial charge on any atom is 0.0861 e. The van der Waals surface area contributed by atoms with Crippen molar-refractivity contribution in [3.63, 3.8) is 0 Å². The Kier molecular flexibility index (Phi) is 3.72. The Hall–Kier alpha value is -2.38. The van der Waals surface area contributed by atoms with Crippen LogP contribution in [-0.2, 0) is 19.3 Å². The number of aliphatic hydroxyl groups is 1. The van der Waals surface area contributed by atoms with Gasteiger partial charge in [-0.1, -0.05) is 78.9 Å². The van der Waals surface area contributed by atoms with Crippen LogP contribution in [0.25, 0.3) is 0 Å². The summed E-state index contributed by atoms with van der Waals surface area (Å²) in [5, 5.41) is 11.5. The van der Waals surface area contributed by atoms with Crippen molar-refractivity contribution in [3.8, 4) is 0 Å². The second-order valence-electron chi connectivity index (χ2n) is 7.96. The molecule has 0 aromatic heterocycles. The van der Waals surface area contributed by atoms with Gasteiger partial charge in [-0.05, 0) is 59.4 Å². The van der Waals surface area contributed by atoms with Gasteiger partial charge in [0.05, 0.1) is 6.10 Å². The van der Waals surface area contributed by atoms with Crippen molar-refractivity contribution >= 4 is 0 Å². The smallest absolute Gasteiger partial charge is 0.0861 e. The van der Waals surface area contributed by atoms with E-state index in [0.717, 1.165) is 31.2 Å². The van der Waals surface area contributed by atoms with E-state index in [1.165, 1.54) is 22.3 Å². The molecule has 0 saturated heterocycles. The third kappa shape index (κ3) is 2.34. The van der Waals surface area contributed by atoms with Crippen LogP contribution in [0.1, 0.15) is 46.3 Å². The van der Waals surface area contributed by atoms with Crippen LogP contribution in [0.15, 0.2) is 78.9 Å². The summed E-state index contributed by atoms with van der Waals surface area (Å²) >= 11 is 0. The fourth-order valence-corrected chi connectivity index (χ4v) is 5.45. The van der Waals surface area contributed by atoms with Crippen molar-refractivity contribution in [2.75, 3.05) is 0 Å². The van der Waals surface area contributed by atoms with Crippen LogP contribution in [0.2, 0.25) is 0 Å². The van der Waals surface area contributed by atoms with Gasteiger partial charge in [-0.15, -0.1) is 0 Å². The zero-order valence-electron chi connectivity index (χ0n) is 14.9. The highest BCUT2D eigenvalue weighted by Gasteiger charge is 2.52. The van der Waals surface area contributed by atoms with E-state index in [1.807, 2.05) is 0 Å². The van der Waals surface area contributed by atoms with Crippen LogP contribution in [0.4, 0.5) is 0 Å². The van der Waals surface area contributed by atoms with Gasteiger partial charge in [0, 0.05) is 5.41 Å². The quantitative estimate of drug-likeness (QED) is 0.692. The van der Waals surface area contributed by atoms with Crippen LogP contribution in [-0.4, -0.2) is 5.11 Å². The Morgan fingerprint density at radius 1 is 0.769 bits per heavy atom. The van der Waals surface area contributed by atoms with E-state index < -0.39 is 6.10 Å². The summed E-state index contributed by atoms with van der Waals surface area (Å²) in [6.07, 6.45) is 3.73. The average Bonchev–Trinajstić information content (AvgIpc) is 3.23. The molecule has 5 rings (SSSR count). The maximum absolute atomic E-state index is 11.5. The molecule has 2 aliphatic carbocycles. The summed E-state index contributed by atoms with van der Waals surface area (Å²) in [4.78, 5) is 0. The molecule has 0 aliphatic heterocycles. The van der Waals surface area contributed by atoms with Crippen molar-refractivity contribution in [1.29, 1.82) is 0 Å². The summed E-state index contributed by atoms with van der Waals surface area (Å²) in [5.74, 6) is 0.404. The van der Waals surface area contributed by atoms with E-state index in [0.29, 0.717) is 5.92 Å². The zero-order chi connectivity index (χ0) is 17.6. The van der Waals surface area contributed by atoms with Gasteiger partial charge in [0.25, 0.3) is 0 Å². The molecule has 2 aliphatic rings. The lowest BCUT2D eigenvalue weighted by Gasteiger charge is -2.40. The molecular formula is C25H24O. The van der Waals surface area contributed by atoms with Crippen LogP contribution in [0, 0.1) is 5.41 Å². The Morgan fingerprint density at radius 3 is 2.19 bits per heavy atom. The Bertz CT molecular complexity index is 930. The van der Waals surface area contributed by atoms with Crippen molar-refractivity contribution in [2.24, 2.45) is 5.41 Å². The van der Waals surface area contributed by atoms with Crippen LogP contribution in [0.3, 0.4) is 0 Å². The molecule has 0 radical (unpaired) electrons. The van der Waals surface area contributed by atoms with E-state index >= 15 is 0 Å². The van der Waals surface area contributed by atoms with Gasteiger partial charge in [-0.25, -0.2) is 0 Å². The number of aryl methyl sites for hydroxylation is 1. The number of benzene rings is 3. The molecule has 3 aromatic carbocycles. The second kappa shape index (κ2) is 6.10. The molecule has 3 aromatic rings. The van der Waals surface area contributed by atoms with E-state index in [9.17, 15) is 5.11 Å². The van der Waals surface area contributed by atoms with Gasteiger partial charge in [0.2, 0.25) is 0 Å². The highest BCUT2D eigenvalue weighted by atomic mass is 16.3. The lowest BCUT2D eigenvalue weighted by molar-refractivity contribution is 0.0164. The first-order valence-corrected chi connectivity index (χ1v) is 9.65. The van der Waals surface area contributed by atoms with Crippen LogP contribution in [0.5, 0.6) is 0 Å². The fourth-order valence-electron chi connectivity index (χ4n) is 5.45. The summed E-state index contributed by atoms with van der Waals surface area (Å²) in [6.45, 7) is 0. The van der Waals surface area contributed by atoms with Crippen LogP contribution < -0.4 is 0 Å². The molecular weight excluding hydrogens is 316 g/mol. The number of aliphatic hydroxyl groups excluding tert-OH is 1. The number of rotatable bonds is 3. The number of hydrogen-bond acceptors (Lipinski definition) is 1. The minimum Gasteiger partial charge on any atom is -0.388 e. The van der Waals surface area contributed by atoms with Crippen molar-refractivity contribution in [1.82, 2.24) is 0 Å². The Morgan fingerprint density at radius 2 is 1.42 bits per heavy atom. The number of fused-ring (bicyclic) bond motifs is 2. The molecule has 0 bridgehead atoms. The highest BCUT2D eigenvalue weighted by molar-refractivity contribution is 5.44. The molecule has 1 nitrogen and oxygen atoms in total. The van der Waals surface area contributed by atoms with Gasteiger partial charge in [0.1, 0.15) is 0 Å². The van der Waals surface area contributed by atoms with E-state index in [-0.39, 0.29) is 5.41 Å². The molecule has 1 heteroatoms. The standard InChI is InChI=1S/C25H24O/c26-24-22-13-7-5-11-20(22)17-25(24,16-18-8-2-1-3-9-18)23-15-14-19-10-4-6-12-21(19)23/h1-13,23-24,26H,14-17H2. The van der Waals surface area contributed by atoms with Crippen LogP contribution >= 0.6 is 0 Å². The molecule has 3 atom stereocenters. The molecule has 0 spiro atoms. The second-order valence-corrected chi connectivity index (χ2v) is 7.96. The lowest BCUT2D eigenvalue weighted by Crippen LogP contribution is -2.35. The van der Waals surface area contributed by atoms with Crippen molar-refractivity contribution < 1.29 is 5.11 Å². The SMILES string of the molecule is OC1c2ccccc2CC1(Cc1ccccc1)C1CCc2ccccc21. The molecule has 0 fully saturated rings. The summed E-state index contributed by atoms with van der Waals surface area (Å²) in [5.41, 5.74) is 6.54. The summed E-state index contributed by atoms with van der Waals surface area (Å²) in [6, 6.07) is 28.0. The van der Waals surface area contributed by atoms with E-state index in [2.05, 4.69) is 78.9 Å². The fraction of sp³-hybridized carbons (Fsp3) is 0.280. The molecule has 0 saturated carbocycles. The van der Waals surface area contributed by atoms with Gasteiger partial charge < -0.3 is 5.11 Å². The molecule has 0 heterocycles. The normalized spacial score (nSPS) is 26.5. The average molecular weight is 340 g/mol. The molecule has 130 valence electrons. The van der Waals surface area contributed by atoms with Gasteiger partial charge in [-0.2, -0.15) is 0 Å². The predicted molar refractivity (Wildman–Crippen MR) is 105 cm³/mol. The zero-order valence-corrected chi connectivity index (χ0v) is 14.9. The largest absolute Gasteiger partial charge is 0.388 e. The maximum atomic E-state index is 11.5. The van der Waals surface area contributed by atoms with E-state index in [4.69, 9.17) is 0 Å². The molecule has 1 N–H and O–H groups in total. The Labute approximate surface area is 155 Å². The number of hydrogen-bond donors (Lipinski definition) is 1. The first kappa shape index (κ1) is 15.8. The third-order valence-corrected chi connectivity index (χ3v) is 6.62. The predicted octanol–water partition coefficient (Wildman–Crippen LogP) is 5.24.